The lowest BCUT2D eigenvalue weighted by Gasteiger charge is -2.12. The van der Waals surface area contributed by atoms with Gasteiger partial charge in [-0.1, -0.05) is 31.0 Å². The number of aromatic nitrogens is 1. The number of carbonyl (C=O) groups excluding carboxylic acids is 2. The fourth-order valence-corrected chi connectivity index (χ4v) is 2.79. The van der Waals surface area contributed by atoms with Crippen molar-refractivity contribution in [3.63, 3.8) is 0 Å². The number of hydrogen-bond acceptors (Lipinski definition) is 3. The highest BCUT2D eigenvalue weighted by molar-refractivity contribution is 6.34. The van der Waals surface area contributed by atoms with Gasteiger partial charge in [-0.3, -0.25) is 14.6 Å². The average molecular weight is 360 g/mol. The van der Waals surface area contributed by atoms with Crippen LogP contribution in [0, 0.1) is 13.8 Å². The van der Waals surface area contributed by atoms with Gasteiger partial charge in [-0.25, -0.2) is 0 Å². The lowest BCUT2D eigenvalue weighted by atomic mass is 10.1. The molecule has 25 heavy (non-hydrogen) atoms. The summed E-state index contributed by atoms with van der Waals surface area (Å²) in [7, 11) is 0. The largest absolute Gasteiger partial charge is 0.351 e. The molecule has 0 saturated carbocycles. The predicted molar refractivity (Wildman–Crippen MR) is 100 cm³/mol. The van der Waals surface area contributed by atoms with Crippen LogP contribution in [0.15, 0.2) is 30.5 Å². The van der Waals surface area contributed by atoms with E-state index in [1.165, 1.54) is 12.3 Å². The fraction of sp³-hybridized carbons (Fsp3) is 0.316. The van der Waals surface area contributed by atoms with Crippen LogP contribution < -0.4 is 10.6 Å². The molecule has 1 aromatic heterocycles. The predicted octanol–water partition coefficient (Wildman–Crippen LogP) is 4.13. The Morgan fingerprint density at radius 3 is 2.60 bits per heavy atom. The van der Waals surface area contributed by atoms with Gasteiger partial charge in [-0.05, 0) is 49.6 Å². The van der Waals surface area contributed by atoms with Crippen LogP contribution >= 0.6 is 11.6 Å². The van der Waals surface area contributed by atoms with Crippen molar-refractivity contribution in [3.05, 3.63) is 57.9 Å². The molecule has 6 heteroatoms. The average Bonchev–Trinajstić information content (AvgIpc) is 2.58. The summed E-state index contributed by atoms with van der Waals surface area (Å²) >= 11 is 6.23. The minimum absolute atomic E-state index is 0.218. The number of nitrogens with one attached hydrogen (secondary N) is 2. The number of halogens is 1. The third-order valence-electron chi connectivity index (χ3n) is 3.74. The Bertz CT molecular complexity index is 767. The van der Waals surface area contributed by atoms with Gasteiger partial charge in [0.1, 0.15) is 5.69 Å². The Kier molecular flexibility index (Phi) is 6.53. The van der Waals surface area contributed by atoms with Crippen LogP contribution in [0.25, 0.3) is 0 Å². The van der Waals surface area contributed by atoms with Crippen LogP contribution in [-0.2, 0) is 0 Å². The maximum absolute atomic E-state index is 12.5. The lowest BCUT2D eigenvalue weighted by molar-refractivity contribution is 0.0948. The van der Waals surface area contributed by atoms with Gasteiger partial charge < -0.3 is 10.6 Å². The quantitative estimate of drug-likeness (QED) is 0.761. The van der Waals surface area contributed by atoms with Gasteiger partial charge in [-0.15, -0.1) is 0 Å². The maximum Gasteiger partial charge on any atom is 0.269 e. The van der Waals surface area contributed by atoms with Crippen LogP contribution in [0.3, 0.4) is 0 Å². The molecule has 0 bridgehead atoms. The van der Waals surface area contributed by atoms with Crippen molar-refractivity contribution in [1.29, 1.82) is 0 Å². The molecule has 0 aliphatic rings. The molecule has 0 saturated heterocycles. The van der Waals surface area contributed by atoms with E-state index in [1.807, 2.05) is 26.8 Å². The zero-order chi connectivity index (χ0) is 18.4. The summed E-state index contributed by atoms with van der Waals surface area (Å²) in [5, 5.41) is 6.08. The van der Waals surface area contributed by atoms with Crippen molar-refractivity contribution in [2.45, 2.75) is 33.6 Å². The van der Waals surface area contributed by atoms with Gasteiger partial charge in [0.15, 0.2) is 0 Å². The molecule has 1 heterocycles. The smallest absolute Gasteiger partial charge is 0.269 e. The van der Waals surface area contributed by atoms with Crippen LogP contribution in [0.1, 0.15) is 51.7 Å². The van der Waals surface area contributed by atoms with Crippen molar-refractivity contribution < 1.29 is 9.59 Å². The summed E-state index contributed by atoms with van der Waals surface area (Å²) in [5.41, 5.74) is 3.05. The van der Waals surface area contributed by atoms with Crippen LogP contribution in [0.5, 0.6) is 0 Å². The third kappa shape index (κ3) is 5.03. The highest BCUT2D eigenvalue weighted by Crippen LogP contribution is 2.27. The number of carbonyl (C=O) groups is 2. The van der Waals surface area contributed by atoms with Crippen molar-refractivity contribution in [2.24, 2.45) is 0 Å². The van der Waals surface area contributed by atoms with Gasteiger partial charge in [-0.2, -0.15) is 0 Å². The number of amides is 2. The molecule has 0 spiro atoms. The summed E-state index contributed by atoms with van der Waals surface area (Å²) < 4.78 is 0. The van der Waals surface area contributed by atoms with Gasteiger partial charge in [0.25, 0.3) is 11.8 Å². The Balaban J connectivity index is 2.15. The molecular formula is C19H22ClN3O2. The van der Waals surface area contributed by atoms with Crippen LogP contribution in [0.4, 0.5) is 5.69 Å². The number of anilines is 1. The normalized spacial score (nSPS) is 10.4. The highest BCUT2D eigenvalue weighted by Gasteiger charge is 2.14. The van der Waals surface area contributed by atoms with E-state index in [0.717, 1.165) is 24.0 Å². The van der Waals surface area contributed by atoms with Gasteiger partial charge in [0, 0.05) is 18.3 Å². The van der Waals surface area contributed by atoms with E-state index in [2.05, 4.69) is 15.6 Å². The summed E-state index contributed by atoms with van der Waals surface area (Å²) in [6.45, 7) is 6.46. The number of aryl methyl sites for hydroxylation is 2. The first-order valence-corrected chi connectivity index (χ1v) is 8.62. The standard InChI is InChI=1S/C19H22ClN3O2/c1-4-5-7-22-19(25)16-11-14(6-8-21-16)18(24)23-17-13(3)9-12(2)10-15(17)20/h6,8-11H,4-5,7H2,1-3H3,(H,22,25)(H,23,24). The Morgan fingerprint density at radius 2 is 1.92 bits per heavy atom. The monoisotopic (exact) mass is 359 g/mol. The molecule has 132 valence electrons. The second-order valence-electron chi connectivity index (χ2n) is 5.93. The fourth-order valence-electron chi connectivity index (χ4n) is 2.42. The lowest BCUT2D eigenvalue weighted by Crippen LogP contribution is -2.25. The van der Waals surface area contributed by atoms with E-state index in [0.29, 0.717) is 22.8 Å². The molecule has 2 N–H and O–H groups in total. The Morgan fingerprint density at radius 1 is 1.16 bits per heavy atom. The van der Waals surface area contributed by atoms with E-state index in [1.54, 1.807) is 12.1 Å². The molecule has 2 rings (SSSR count). The number of unbranched alkanes of at least 4 members (excludes halogenated alkanes) is 1. The highest BCUT2D eigenvalue weighted by atomic mass is 35.5. The second kappa shape index (κ2) is 8.62. The van der Waals surface area contributed by atoms with Gasteiger partial charge in [0.2, 0.25) is 0 Å². The molecule has 1 aromatic carbocycles. The van der Waals surface area contributed by atoms with Crippen molar-refractivity contribution in [1.82, 2.24) is 10.3 Å². The van der Waals surface area contributed by atoms with Gasteiger partial charge >= 0.3 is 0 Å². The molecule has 0 aliphatic carbocycles. The summed E-state index contributed by atoms with van der Waals surface area (Å²) in [5.74, 6) is -0.619. The zero-order valence-corrected chi connectivity index (χ0v) is 15.4. The van der Waals surface area contributed by atoms with E-state index in [4.69, 9.17) is 11.6 Å². The molecule has 0 atom stereocenters. The van der Waals surface area contributed by atoms with Crippen molar-refractivity contribution >= 4 is 29.1 Å². The van der Waals surface area contributed by atoms with E-state index >= 15 is 0 Å². The molecule has 5 nitrogen and oxygen atoms in total. The number of benzene rings is 1. The molecule has 0 fully saturated rings. The van der Waals surface area contributed by atoms with Crippen molar-refractivity contribution in [3.8, 4) is 0 Å². The van der Waals surface area contributed by atoms with Crippen LogP contribution in [0.2, 0.25) is 5.02 Å². The second-order valence-corrected chi connectivity index (χ2v) is 6.34. The molecule has 2 aromatic rings. The molecular weight excluding hydrogens is 338 g/mol. The summed E-state index contributed by atoms with van der Waals surface area (Å²) in [4.78, 5) is 28.6. The van der Waals surface area contributed by atoms with E-state index < -0.39 is 0 Å². The maximum atomic E-state index is 12.5. The number of nitrogens with zero attached hydrogens (tertiary/aromatic N) is 1. The van der Waals surface area contributed by atoms with E-state index in [-0.39, 0.29) is 17.5 Å². The first kappa shape index (κ1) is 18.9. The van der Waals surface area contributed by atoms with Crippen molar-refractivity contribution in [2.75, 3.05) is 11.9 Å². The summed E-state index contributed by atoms with van der Waals surface area (Å²) in [6, 6.07) is 6.79. The Hall–Kier alpha value is -2.40. The SMILES string of the molecule is CCCCNC(=O)c1cc(C(=O)Nc2c(C)cc(C)cc2Cl)ccn1. The van der Waals surface area contributed by atoms with E-state index in [9.17, 15) is 9.59 Å². The molecule has 0 radical (unpaired) electrons. The minimum atomic E-state index is -0.334. The first-order chi connectivity index (χ1) is 11.9. The number of pyridine rings is 1. The first-order valence-electron chi connectivity index (χ1n) is 8.24. The molecule has 0 aliphatic heterocycles. The topological polar surface area (TPSA) is 71.1 Å². The third-order valence-corrected chi connectivity index (χ3v) is 4.04. The molecule has 2 amide bonds. The van der Waals surface area contributed by atoms with Gasteiger partial charge in [0.05, 0.1) is 10.7 Å². The summed E-state index contributed by atoms with van der Waals surface area (Å²) in [6.07, 6.45) is 3.34. The Labute approximate surface area is 152 Å². The van der Waals surface area contributed by atoms with Crippen LogP contribution in [-0.4, -0.2) is 23.3 Å². The molecule has 0 unspecified atom stereocenters. The number of hydrogen-bond donors (Lipinski definition) is 2. The zero-order valence-electron chi connectivity index (χ0n) is 14.6. The number of rotatable bonds is 6. The minimum Gasteiger partial charge on any atom is -0.351 e.